The van der Waals surface area contributed by atoms with E-state index in [1.807, 2.05) is 31.2 Å². The Balaban J connectivity index is 2.34. The van der Waals surface area contributed by atoms with Crippen LogP contribution >= 0.6 is 0 Å². The first-order valence-corrected chi connectivity index (χ1v) is 5.64. The Bertz CT molecular complexity index is 292. The molecule has 0 saturated carbocycles. The van der Waals surface area contributed by atoms with Crippen LogP contribution in [0.3, 0.4) is 0 Å². The maximum atomic E-state index is 5.61. The standard InChI is InChI=1S/C12H20N2O2/c1-2-15-11-5-3-4-6-12(11)16-10-9-14-8-7-13/h3-6,14H,2,7-10,13H2,1H3. The molecule has 0 amide bonds. The summed E-state index contributed by atoms with van der Waals surface area (Å²) in [5, 5.41) is 3.17. The number of ether oxygens (including phenoxy) is 2. The van der Waals surface area contributed by atoms with Gasteiger partial charge in [-0.1, -0.05) is 12.1 Å². The van der Waals surface area contributed by atoms with Gasteiger partial charge in [0.15, 0.2) is 11.5 Å². The minimum absolute atomic E-state index is 0.615. The molecule has 90 valence electrons. The normalized spacial score (nSPS) is 10.1. The predicted octanol–water partition coefficient (Wildman–Crippen LogP) is 1.01. The van der Waals surface area contributed by atoms with Gasteiger partial charge in [-0.3, -0.25) is 0 Å². The first-order valence-electron chi connectivity index (χ1n) is 5.64. The van der Waals surface area contributed by atoms with E-state index in [9.17, 15) is 0 Å². The molecule has 0 atom stereocenters. The van der Waals surface area contributed by atoms with Gasteiger partial charge in [-0.25, -0.2) is 0 Å². The van der Waals surface area contributed by atoms with E-state index in [0.717, 1.165) is 24.6 Å². The molecule has 1 aromatic carbocycles. The van der Waals surface area contributed by atoms with Crippen LogP contribution in [0.15, 0.2) is 24.3 Å². The molecule has 0 saturated heterocycles. The van der Waals surface area contributed by atoms with Gasteiger partial charge in [0.2, 0.25) is 0 Å². The number of hydrogen-bond donors (Lipinski definition) is 2. The van der Waals surface area contributed by atoms with Gasteiger partial charge in [0.05, 0.1) is 6.61 Å². The molecule has 1 rings (SSSR count). The second-order valence-corrected chi connectivity index (χ2v) is 3.27. The van der Waals surface area contributed by atoms with Crippen LogP contribution in [0.5, 0.6) is 11.5 Å². The third kappa shape index (κ3) is 4.51. The zero-order valence-corrected chi connectivity index (χ0v) is 9.74. The van der Waals surface area contributed by atoms with Gasteiger partial charge in [-0.05, 0) is 19.1 Å². The third-order valence-corrected chi connectivity index (χ3v) is 2.01. The number of benzene rings is 1. The molecule has 0 aliphatic heterocycles. The third-order valence-electron chi connectivity index (χ3n) is 2.01. The lowest BCUT2D eigenvalue weighted by molar-refractivity contribution is 0.276. The number of para-hydroxylation sites is 2. The summed E-state index contributed by atoms with van der Waals surface area (Å²) in [5.74, 6) is 1.59. The largest absolute Gasteiger partial charge is 0.490 e. The van der Waals surface area contributed by atoms with Gasteiger partial charge < -0.3 is 20.5 Å². The first kappa shape index (κ1) is 12.8. The second kappa shape index (κ2) is 7.96. The smallest absolute Gasteiger partial charge is 0.161 e. The van der Waals surface area contributed by atoms with Crippen LogP contribution in [0, 0.1) is 0 Å². The van der Waals surface area contributed by atoms with E-state index >= 15 is 0 Å². The van der Waals surface area contributed by atoms with Crippen molar-refractivity contribution in [2.24, 2.45) is 5.73 Å². The van der Waals surface area contributed by atoms with Crippen LogP contribution in [0.4, 0.5) is 0 Å². The second-order valence-electron chi connectivity index (χ2n) is 3.27. The summed E-state index contributed by atoms with van der Waals surface area (Å²) in [6.45, 7) is 5.47. The fraction of sp³-hybridized carbons (Fsp3) is 0.500. The van der Waals surface area contributed by atoms with Crippen LogP contribution in [0.1, 0.15) is 6.92 Å². The van der Waals surface area contributed by atoms with Gasteiger partial charge in [0.25, 0.3) is 0 Å². The maximum Gasteiger partial charge on any atom is 0.161 e. The molecule has 0 unspecified atom stereocenters. The monoisotopic (exact) mass is 224 g/mol. The SMILES string of the molecule is CCOc1ccccc1OCCNCCN. The fourth-order valence-corrected chi connectivity index (χ4v) is 1.30. The van der Waals surface area contributed by atoms with Crippen molar-refractivity contribution in [3.63, 3.8) is 0 Å². The molecule has 0 heterocycles. The topological polar surface area (TPSA) is 56.5 Å². The van der Waals surface area contributed by atoms with Crippen molar-refractivity contribution in [2.45, 2.75) is 6.92 Å². The van der Waals surface area contributed by atoms with Crippen LogP contribution in [0.25, 0.3) is 0 Å². The van der Waals surface area contributed by atoms with Crippen molar-refractivity contribution < 1.29 is 9.47 Å². The summed E-state index contributed by atoms with van der Waals surface area (Å²) >= 11 is 0. The van der Waals surface area contributed by atoms with E-state index in [2.05, 4.69) is 5.32 Å². The Morgan fingerprint density at radius 2 is 1.81 bits per heavy atom. The van der Waals surface area contributed by atoms with Crippen molar-refractivity contribution in [3.05, 3.63) is 24.3 Å². The molecule has 0 fully saturated rings. The number of nitrogens with two attached hydrogens (primary N) is 1. The molecular weight excluding hydrogens is 204 g/mol. The van der Waals surface area contributed by atoms with Gasteiger partial charge >= 0.3 is 0 Å². The first-order chi connectivity index (χ1) is 7.88. The van der Waals surface area contributed by atoms with E-state index in [0.29, 0.717) is 19.8 Å². The Labute approximate surface area is 96.7 Å². The highest BCUT2D eigenvalue weighted by Gasteiger charge is 2.02. The van der Waals surface area contributed by atoms with Crippen LogP contribution in [-0.2, 0) is 0 Å². The van der Waals surface area contributed by atoms with Crippen molar-refractivity contribution in [1.82, 2.24) is 5.32 Å². The summed E-state index contributed by atoms with van der Waals surface area (Å²) in [5.41, 5.74) is 5.36. The molecule has 0 aliphatic carbocycles. The maximum absolute atomic E-state index is 5.61. The molecule has 4 heteroatoms. The number of rotatable bonds is 8. The Kier molecular flexibility index (Phi) is 6.37. The lowest BCUT2D eigenvalue weighted by Gasteiger charge is -2.11. The molecule has 4 nitrogen and oxygen atoms in total. The molecule has 0 aromatic heterocycles. The van der Waals surface area contributed by atoms with Gasteiger partial charge in [-0.2, -0.15) is 0 Å². The summed E-state index contributed by atoms with van der Waals surface area (Å²) in [6.07, 6.45) is 0. The average Bonchev–Trinajstić information content (AvgIpc) is 2.31. The lowest BCUT2D eigenvalue weighted by Crippen LogP contribution is -2.26. The molecule has 0 bridgehead atoms. The lowest BCUT2D eigenvalue weighted by atomic mass is 10.3. The molecule has 1 aromatic rings. The number of hydrogen-bond acceptors (Lipinski definition) is 4. The molecule has 0 spiro atoms. The van der Waals surface area contributed by atoms with Crippen LogP contribution < -0.4 is 20.5 Å². The highest BCUT2D eigenvalue weighted by molar-refractivity contribution is 5.39. The fourth-order valence-electron chi connectivity index (χ4n) is 1.30. The Morgan fingerprint density at radius 3 is 2.44 bits per heavy atom. The molecule has 0 radical (unpaired) electrons. The zero-order chi connectivity index (χ0) is 11.6. The molecular formula is C12H20N2O2. The van der Waals surface area contributed by atoms with E-state index in [1.165, 1.54) is 0 Å². The minimum atomic E-state index is 0.615. The number of nitrogens with one attached hydrogen (secondary N) is 1. The summed E-state index contributed by atoms with van der Waals surface area (Å²) < 4.78 is 11.1. The van der Waals surface area contributed by atoms with Crippen molar-refractivity contribution >= 4 is 0 Å². The van der Waals surface area contributed by atoms with E-state index in [-0.39, 0.29) is 0 Å². The summed E-state index contributed by atoms with van der Waals surface area (Å²) in [4.78, 5) is 0. The van der Waals surface area contributed by atoms with E-state index in [4.69, 9.17) is 15.2 Å². The summed E-state index contributed by atoms with van der Waals surface area (Å²) in [6, 6.07) is 7.69. The van der Waals surface area contributed by atoms with Crippen LogP contribution in [0.2, 0.25) is 0 Å². The van der Waals surface area contributed by atoms with Crippen LogP contribution in [-0.4, -0.2) is 32.8 Å². The van der Waals surface area contributed by atoms with Crippen molar-refractivity contribution in [2.75, 3.05) is 32.8 Å². The van der Waals surface area contributed by atoms with Gasteiger partial charge in [-0.15, -0.1) is 0 Å². The quantitative estimate of drug-likeness (QED) is 0.647. The van der Waals surface area contributed by atoms with E-state index < -0.39 is 0 Å². The van der Waals surface area contributed by atoms with Crippen molar-refractivity contribution in [3.8, 4) is 11.5 Å². The average molecular weight is 224 g/mol. The predicted molar refractivity (Wildman–Crippen MR) is 65.0 cm³/mol. The Morgan fingerprint density at radius 1 is 1.12 bits per heavy atom. The zero-order valence-electron chi connectivity index (χ0n) is 9.74. The van der Waals surface area contributed by atoms with Crippen molar-refractivity contribution in [1.29, 1.82) is 0 Å². The van der Waals surface area contributed by atoms with Gasteiger partial charge in [0, 0.05) is 19.6 Å². The van der Waals surface area contributed by atoms with E-state index in [1.54, 1.807) is 0 Å². The minimum Gasteiger partial charge on any atom is -0.490 e. The molecule has 3 N–H and O–H groups in total. The Hall–Kier alpha value is -1.26. The molecule has 0 aliphatic rings. The highest BCUT2D eigenvalue weighted by Crippen LogP contribution is 2.25. The van der Waals surface area contributed by atoms with Gasteiger partial charge in [0.1, 0.15) is 6.61 Å². The highest BCUT2D eigenvalue weighted by atomic mass is 16.5. The summed E-state index contributed by atoms with van der Waals surface area (Å²) in [7, 11) is 0. The molecule has 16 heavy (non-hydrogen) atoms.